The molecule has 8 heteroatoms. The predicted octanol–water partition coefficient (Wildman–Crippen LogP) is 2.02. The highest BCUT2D eigenvalue weighted by molar-refractivity contribution is 5.91. The van der Waals surface area contributed by atoms with Crippen molar-refractivity contribution in [1.29, 1.82) is 0 Å². The third-order valence-corrected chi connectivity index (χ3v) is 5.46. The lowest BCUT2D eigenvalue weighted by atomic mass is 9.95. The van der Waals surface area contributed by atoms with Crippen LogP contribution < -0.4 is 15.5 Å². The van der Waals surface area contributed by atoms with Gasteiger partial charge in [0.1, 0.15) is 23.3 Å². The fraction of sp³-hybridized carbons (Fsp3) is 0.476. The minimum Gasteiger partial charge on any atom is -0.378 e. The molecule has 4 rings (SSSR count). The van der Waals surface area contributed by atoms with Gasteiger partial charge >= 0.3 is 0 Å². The Hall–Kier alpha value is -2.74. The van der Waals surface area contributed by atoms with E-state index < -0.39 is 5.41 Å². The van der Waals surface area contributed by atoms with Crippen LogP contribution in [0.1, 0.15) is 24.2 Å². The van der Waals surface area contributed by atoms with Crippen molar-refractivity contribution in [2.75, 3.05) is 49.6 Å². The fourth-order valence-electron chi connectivity index (χ4n) is 3.67. The quantitative estimate of drug-likeness (QED) is 0.694. The van der Waals surface area contributed by atoms with E-state index in [-0.39, 0.29) is 11.7 Å². The number of anilines is 2. The number of halogens is 1. The third-order valence-electron chi connectivity index (χ3n) is 5.46. The molecule has 29 heavy (non-hydrogen) atoms. The highest BCUT2D eigenvalue weighted by Gasteiger charge is 2.50. The molecular weight excluding hydrogens is 373 g/mol. The normalized spacial score (nSPS) is 17.7. The summed E-state index contributed by atoms with van der Waals surface area (Å²) in [7, 11) is 0. The lowest BCUT2D eigenvalue weighted by Crippen LogP contribution is -2.37. The van der Waals surface area contributed by atoms with Gasteiger partial charge in [-0.2, -0.15) is 0 Å². The molecule has 0 spiro atoms. The number of benzene rings is 1. The van der Waals surface area contributed by atoms with Crippen LogP contribution in [-0.2, 0) is 14.9 Å². The first kappa shape index (κ1) is 19.6. The Bertz CT molecular complexity index is 864. The Morgan fingerprint density at radius 2 is 1.90 bits per heavy atom. The highest BCUT2D eigenvalue weighted by Crippen LogP contribution is 2.48. The number of carbonyl (C=O) groups excluding carboxylic acids is 1. The molecule has 0 unspecified atom stereocenters. The first-order chi connectivity index (χ1) is 14.1. The van der Waals surface area contributed by atoms with E-state index in [0.29, 0.717) is 32.1 Å². The number of nitrogens with zero attached hydrogens (tertiary/aromatic N) is 3. The van der Waals surface area contributed by atoms with E-state index >= 15 is 0 Å². The minimum absolute atomic E-state index is 0.00113. The van der Waals surface area contributed by atoms with Gasteiger partial charge in [0.05, 0.1) is 18.6 Å². The molecule has 1 aliphatic heterocycles. The second-order valence-corrected chi connectivity index (χ2v) is 7.53. The van der Waals surface area contributed by atoms with Gasteiger partial charge in [-0.15, -0.1) is 0 Å². The molecule has 2 N–H and O–H groups in total. The van der Waals surface area contributed by atoms with Gasteiger partial charge in [-0.1, -0.05) is 12.1 Å². The van der Waals surface area contributed by atoms with Crippen LogP contribution in [0.2, 0.25) is 0 Å². The molecule has 2 heterocycles. The lowest BCUT2D eigenvalue weighted by Gasteiger charge is -2.28. The summed E-state index contributed by atoms with van der Waals surface area (Å²) < 4.78 is 18.5. The van der Waals surface area contributed by atoms with Crippen molar-refractivity contribution in [1.82, 2.24) is 15.3 Å². The molecule has 1 aliphatic carbocycles. The first-order valence-electron chi connectivity index (χ1n) is 10.0. The van der Waals surface area contributed by atoms with Crippen molar-refractivity contribution in [3.05, 3.63) is 47.5 Å². The summed E-state index contributed by atoms with van der Waals surface area (Å²) in [5.41, 5.74) is 0.383. The number of amides is 1. The Labute approximate surface area is 169 Å². The molecule has 154 valence electrons. The standard InChI is InChI=1S/C21H26FN5O2/c1-15-25-18(14-19(26-15)27-10-12-29-13-11-27)23-8-9-24-20(28)21(6-7-21)16-2-4-17(22)5-3-16/h2-5,14H,6-13H2,1H3,(H,24,28)(H,23,25,26). The largest absolute Gasteiger partial charge is 0.378 e. The average molecular weight is 399 g/mol. The molecule has 1 aromatic carbocycles. The Balaban J connectivity index is 1.30. The summed E-state index contributed by atoms with van der Waals surface area (Å²) in [6.45, 7) is 5.95. The zero-order valence-corrected chi connectivity index (χ0v) is 16.6. The van der Waals surface area contributed by atoms with E-state index in [1.165, 1.54) is 12.1 Å². The van der Waals surface area contributed by atoms with Gasteiger partial charge in [0.25, 0.3) is 0 Å². The van der Waals surface area contributed by atoms with Gasteiger partial charge in [0.15, 0.2) is 0 Å². The van der Waals surface area contributed by atoms with E-state index in [2.05, 4.69) is 25.5 Å². The van der Waals surface area contributed by atoms with Gasteiger partial charge in [-0.25, -0.2) is 14.4 Å². The molecule has 2 aliphatic rings. The molecule has 0 atom stereocenters. The molecule has 1 saturated carbocycles. The summed E-state index contributed by atoms with van der Waals surface area (Å²) >= 11 is 0. The van der Waals surface area contributed by atoms with Crippen molar-refractivity contribution in [2.45, 2.75) is 25.2 Å². The van der Waals surface area contributed by atoms with Crippen molar-refractivity contribution in [2.24, 2.45) is 0 Å². The van der Waals surface area contributed by atoms with E-state index in [0.717, 1.165) is 43.1 Å². The van der Waals surface area contributed by atoms with Gasteiger partial charge in [0.2, 0.25) is 5.91 Å². The Morgan fingerprint density at radius 1 is 1.17 bits per heavy atom. The maximum atomic E-state index is 13.2. The van der Waals surface area contributed by atoms with Crippen molar-refractivity contribution < 1.29 is 13.9 Å². The molecule has 2 fully saturated rings. The predicted molar refractivity (Wildman–Crippen MR) is 109 cm³/mol. The summed E-state index contributed by atoms with van der Waals surface area (Å²) in [6, 6.07) is 8.16. The number of morpholine rings is 1. The van der Waals surface area contributed by atoms with Gasteiger partial charge in [-0.05, 0) is 37.5 Å². The summed E-state index contributed by atoms with van der Waals surface area (Å²) in [5.74, 6) is 2.05. The molecule has 2 aromatic rings. The average Bonchev–Trinajstić information content (AvgIpc) is 3.54. The number of hydrogen-bond acceptors (Lipinski definition) is 6. The molecule has 1 saturated heterocycles. The van der Waals surface area contributed by atoms with Crippen molar-refractivity contribution in [3.63, 3.8) is 0 Å². The number of hydrogen-bond donors (Lipinski definition) is 2. The van der Waals surface area contributed by atoms with Crippen LogP contribution in [0.5, 0.6) is 0 Å². The maximum Gasteiger partial charge on any atom is 0.230 e. The molecule has 7 nitrogen and oxygen atoms in total. The van der Waals surface area contributed by atoms with Crippen LogP contribution in [-0.4, -0.2) is 55.3 Å². The van der Waals surface area contributed by atoms with E-state index in [1.807, 2.05) is 13.0 Å². The van der Waals surface area contributed by atoms with Crippen LogP contribution >= 0.6 is 0 Å². The molecular formula is C21H26FN5O2. The van der Waals surface area contributed by atoms with Gasteiger partial charge < -0.3 is 20.3 Å². The second kappa shape index (κ2) is 8.32. The highest BCUT2D eigenvalue weighted by atomic mass is 19.1. The Kier molecular flexibility index (Phi) is 5.62. The number of rotatable bonds is 7. The first-order valence-corrected chi connectivity index (χ1v) is 10.0. The number of nitrogens with one attached hydrogen (secondary N) is 2. The zero-order chi connectivity index (χ0) is 20.3. The third kappa shape index (κ3) is 4.48. The minimum atomic E-state index is -0.497. The topological polar surface area (TPSA) is 79.4 Å². The Morgan fingerprint density at radius 3 is 2.59 bits per heavy atom. The van der Waals surface area contributed by atoms with Gasteiger partial charge in [0, 0.05) is 32.2 Å². The number of ether oxygens (including phenoxy) is 1. The number of aryl methyl sites for hydroxylation is 1. The van der Waals surface area contributed by atoms with Crippen LogP contribution in [0.3, 0.4) is 0 Å². The van der Waals surface area contributed by atoms with Crippen LogP contribution in [0.25, 0.3) is 0 Å². The number of aromatic nitrogens is 2. The van der Waals surface area contributed by atoms with E-state index in [9.17, 15) is 9.18 Å². The SMILES string of the molecule is Cc1nc(NCCNC(=O)C2(c3ccc(F)cc3)CC2)cc(N2CCOCC2)n1. The van der Waals surface area contributed by atoms with Crippen molar-refractivity contribution >= 4 is 17.5 Å². The summed E-state index contributed by atoms with van der Waals surface area (Å²) in [5, 5.41) is 6.26. The van der Waals surface area contributed by atoms with Crippen LogP contribution in [0.15, 0.2) is 30.3 Å². The second-order valence-electron chi connectivity index (χ2n) is 7.53. The fourth-order valence-corrected chi connectivity index (χ4v) is 3.67. The molecule has 0 radical (unpaired) electrons. The van der Waals surface area contributed by atoms with Crippen LogP contribution in [0.4, 0.5) is 16.0 Å². The zero-order valence-electron chi connectivity index (χ0n) is 16.6. The molecule has 1 amide bonds. The number of carbonyl (C=O) groups is 1. The summed E-state index contributed by atoms with van der Waals surface area (Å²) in [6.07, 6.45) is 1.60. The molecule has 1 aromatic heterocycles. The monoisotopic (exact) mass is 399 g/mol. The van der Waals surface area contributed by atoms with Gasteiger partial charge in [-0.3, -0.25) is 4.79 Å². The smallest absolute Gasteiger partial charge is 0.230 e. The van der Waals surface area contributed by atoms with E-state index in [1.54, 1.807) is 12.1 Å². The van der Waals surface area contributed by atoms with E-state index in [4.69, 9.17) is 4.74 Å². The lowest BCUT2D eigenvalue weighted by molar-refractivity contribution is -0.123. The molecule has 0 bridgehead atoms. The van der Waals surface area contributed by atoms with Crippen molar-refractivity contribution in [3.8, 4) is 0 Å². The summed E-state index contributed by atoms with van der Waals surface area (Å²) in [4.78, 5) is 23.8. The maximum absolute atomic E-state index is 13.2. The van der Waals surface area contributed by atoms with Crippen LogP contribution in [0, 0.1) is 12.7 Å².